The van der Waals surface area contributed by atoms with Gasteiger partial charge in [-0.15, -0.1) is 0 Å². The molecule has 0 radical (unpaired) electrons. The zero-order chi connectivity index (χ0) is 23.3. The summed E-state index contributed by atoms with van der Waals surface area (Å²) < 4.78 is 10.4. The van der Waals surface area contributed by atoms with Crippen molar-refractivity contribution >= 4 is 17.7 Å². The Balaban J connectivity index is 1.54. The fourth-order valence-corrected chi connectivity index (χ4v) is 8.33. The van der Waals surface area contributed by atoms with Gasteiger partial charge in [-0.25, -0.2) is 0 Å². The van der Waals surface area contributed by atoms with Gasteiger partial charge in [0, 0.05) is 25.7 Å². The van der Waals surface area contributed by atoms with Crippen LogP contribution in [0.1, 0.15) is 85.5 Å². The molecule has 0 heterocycles. The summed E-state index contributed by atoms with van der Waals surface area (Å²) in [7, 11) is 1.46. The van der Waals surface area contributed by atoms with Crippen molar-refractivity contribution in [2.24, 2.45) is 40.4 Å². The molecule has 4 aliphatic rings. The molecule has 5 heteroatoms. The average molecular weight is 445 g/mol. The van der Waals surface area contributed by atoms with E-state index in [2.05, 4.69) is 20.8 Å². The zero-order valence-corrected chi connectivity index (χ0v) is 20.4. The molecule has 5 nitrogen and oxygen atoms in total. The molecule has 4 rings (SSSR count). The Kier molecular flexibility index (Phi) is 6.32. The van der Waals surface area contributed by atoms with E-state index in [0.29, 0.717) is 42.3 Å². The summed E-state index contributed by atoms with van der Waals surface area (Å²) >= 11 is 0. The molecular weight excluding hydrogens is 404 g/mol. The van der Waals surface area contributed by atoms with Gasteiger partial charge < -0.3 is 9.47 Å². The normalized spacial score (nSPS) is 41.6. The molecule has 0 spiro atoms. The van der Waals surface area contributed by atoms with Gasteiger partial charge >= 0.3 is 11.9 Å². The summed E-state index contributed by atoms with van der Waals surface area (Å²) in [6.07, 6.45) is 10.3. The number of esters is 2. The van der Waals surface area contributed by atoms with E-state index in [1.165, 1.54) is 19.6 Å². The van der Waals surface area contributed by atoms with Gasteiger partial charge in [0.25, 0.3) is 0 Å². The molecule has 0 aliphatic heterocycles. The predicted molar refractivity (Wildman–Crippen MR) is 122 cm³/mol. The monoisotopic (exact) mass is 444 g/mol. The highest BCUT2D eigenvalue weighted by molar-refractivity contribution is 5.94. The quantitative estimate of drug-likeness (QED) is 0.541. The van der Waals surface area contributed by atoms with Crippen LogP contribution in [0.25, 0.3) is 0 Å². The van der Waals surface area contributed by atoms with E-state index in [0.717, 1.165) is 44.9 Å². The number of ketones is 1. The van der Waals surface area contributed by atoms with E-state index >= 15 is 0 Å². The smallest absolute Gasteiger partial charge is 0.305 e. The lowest BCUT2D eigenvalue weighted by Crippen LogP contribution is -2.53. The van der Waals surface area contributed by atoms with E-state index in [9.17, 15) is 14.4 Å². The summed E-state index contributed by atoms with van der Waals surface area (Å²) in [5.74, 6) is 1.92. The highest BCUT2D eigenvalue weighted by atomic mass is 16.5. The molecule has 3 fully saturated rings. The number of hydrogen-bond donors (Lipinski definition) is 0. The number of ether oxygens (including phenoxy) is 2. The van der Waals surface area contributed by atoms with Gasteiger partial charge in [-0.3, -0.25) is 14.4 Å². The summed E-state index contributed by atoms with van der Waals surface area (Å²) in [5.41, 5.74) is 1.43. The topological polar surface area (TPSA) is 69.7 Å². The van der Waals surface area contributed by atoms with Crippen molar-refractivity contribution < 1.29 is 23.9 Å². The largest absolute Gasteiger partial charge is 0.469 e. The second-order valence-electron chi connectivity index (χ2n) is 11.5. The molecule has 178 valence electrons. The minimum Gasteiger partial charge on any atom is -0.469 e. The van der Waals surface area contributed by atoms with E-state index in [1.54, 1.807) is 0 Å². The zero-order valence-electron chi connectivity index (χ0n) is 20.4. The molecule has 0 aromatic heterocycles. The van der Waals surface area contributed by atoms with Crippen LogP contribution in [0.5, 0.6) is 0 Å². The minimum atomic E-state index is -0.231. The second-order valence-corrected chi connectivity index (χ2v) is 11.5. The highest BCUT2D eigenvalue weighted by Gasteiger charge is 2.61. The third-order valence-corrected chi connectivity index (χ3v) is 10.0. The third kappa shape index (κ3) is 3.84. The standard InChI is InChI=1S/C27H40O5/c1-16(6-9-24(30)31-5)20-7-8-21-25-22(11-13-27(20,21)4)26(3)12-10-19(32-17(2)28)14-18(26)15-23(25)29/h15-16,19-22,25H,6-14H2,1-5H3/t16-,19?,20-,21+,22+,25+,26+,27-/m1/s1. The molecule has 8 atom stereocenters. The molecule has 0 bridgehead atoms. The summed E-state index contributed by atoms with van der Waals surface area (Å²) in [6, 6.07) is 0. The van der Waals surface area contributed by atoms with Crippen molar-refractivity contribution in [3.8, 4) is 0 Å². The molecule has 3 saturated carbocycles. The Morgan fingerprint density at radius 3 is 2.56 bits per heavy atom. The maximum absolute atomic E-state index is 13.5. The van der Waals surface area contributed by atoms with Crippen molar-refractivity contribution in [2.75, 3.05) is 7.11 Å². The van der Waals surface area contributed by atoms with Crippen LogP contribution in [0.2, 0.25) is 0 Å². The lowest BCUT2D eigenvalue weighted by Gasteiger charge is -2.57. The molecule has 0 aromatic rings. The number of carbonyl (C=O) groups is 3. The SMILES string of the molecule is COC(=O)CC[C@@H](C)[C@H]1CC[C@H]2[C@@H]3C(=O)C=C4CC(OC(C)=O)CC[C@]4(C)[C@H]3CC[C@]12C. The van der Waals surface area contributed by atoms with Gasteiger partial charge in [-0.2, -0.15) is 0 Å². The number of rotatable bonds is 5. The van der Waals surface area contributed by atoms with E-state index < -0.39 is 0 Å². The number of allylic oxidation sites excluding steroid dienone is 1. The second kappa shape index (κ2) is 8.61. The van der Waals surface area contributed by atoms with Gasteiger partial charge in [0.1, 0.15) is 6.10 Å². The van der Waals surface area contributed by atoms with Crippen LogP contribution in [-0.4, -0.2) is 30.9 Å². The van der Waals surface area contributed by atoms with Crippen molar-refractivity contribution in [3.05, 3.63) is 11.6 Å². The van der Waals surface area contributed by atoms with Crippen molar-refractivity contribution in [1.82, 2.24) is 0 Å². The average Bonchev–Trinajstić information content (AvgIpc) is 3.09. The Hall–Kier alpha value is -1.65. The van der Waals surface area contributed by atoms with Gasteiger partial charge in [0.15, 0.2) is 5.78 Å². The summed E-state index contributed by atoms with van der Waals surface area (Å²) in [4.78, 5) is 36.7. The van der Waals surface area contributed by atoms with Crippen molar-refractivity contribution in [2.45, 2.75) is 91.6 Å². The van der Waals surface area contributed by atoms with Crippen LogP contribution in [0, 0.1) is 40.4 Å². The van der Waals surface area contributed by atoms with E-state index in [-0.39, 0.29) is 34.8 Å². The first kappa shape index (κ1) is 23.5. The van der Waals surface area contributed by atoms with Gasteiger partial charge in [-0.05, 0) is 85.5 Å². The van der Waals surface area contributed by atoms with Gasteiger partial charge in [0.2, 0.25) is 0 Å². The maximum Gasteiger partial charge on any atom is 0.305 e. The van der Waals surface area contributed by atoms with Crippen LogP contribution in [0.15, 0.2) is 11.6 Å². The van der Waals surface area contributed by atoms with Crippen LogP contribution in [-0.2, 0) is 23.9 Å². The Morgan fingerprint density at radius 1 is 1.12 bits per heavy atom. The Morgan fingerprint density at radius 2 is 1.88 bits per heavy atom. The minimum absolute atomic E-state index is 0.0468. The van der Waals surface area contributed by atoms with Crippen LogP contribution in [0.4, 0.5) is 0 Å². The molecule has 1 unspecified atom stereocenters. The first-order valence-corrected chi connectivity index (χ1v) is 12.6. The number of methoxy groups -OCH3 is 1. The molecule has 0 aromatic carbocycles. The first-order valence-electron chi connectivity index (χ1n) is 12.6. The molecule has 0 saturated heterocycles. The molecule has 0 amide bonds. The lowest BCUT2D eigenvalue weighted by atomic mass is 9.46. The van der Waals surface area contributed by atoms with Crippen molar-refractivity contribution in [1.29, 1.82) is 0 Å². The van der Waals surface area contributed by atoms with Crippen LogP contribution >= 0.6 is 0 Å². The summed E-state index contributed by atoms with van der Waals surface area (Å²) in [6.45, 7) is 8.54. The maximum atomic E-state index is 13.5. The molecule has 0 N–H and O–H groups in total. The number of hydrogen-bond acceptors (Lipinski definition) is 5. The first-order chi connectivity index (χ1) is 15.1. The molecule has 32 heavy (non-hydrogen) atoms. The molecular formula is C27H40O5. The van der Waals surface area contributed by atoms with Crippen molar-refractivity contribution in [3.63, 3.8) is 0 Å². The third-order valence-electron chi connectivity index (χ3n) is 10.0. The Labute approximate surface area is 192 Å². The number of carbonyl (C=O) groups excluding carboxylic acids is 3. The lowest BCUT2D eigenvalue weighted by molar-refractivity contribution is -0.149. The highest BCUT2D eigenvalue weighted by Crippen LogP contribution is 2.66. The van der Waals surface area contributed by atoms with E-state index in [1.807, 2.05) is 6.08 Å². The van der Waals surface area contributed by atoms with Crippen LogP contribution < -0.4 is 0 Å². The molecule has 4 aliphatic carbocycles. The fourth-order valence-electron chi connectivity index (χ4n) is 8.33. The Bertz CT molecular complexity index is 815. The predicted octanol–water partition coefficient (Wildman–Crippen LogP) is 5.27. The van der Waals surface area contributed by atoms with E-state index in [4.69, 9.17) is 9.47 Å². The van der Waals surface area contributed by atoms with Gasteiger partial charge in [-0.1, -0.05) is 26.3 Å². The van der Waals surface area contributed by atoms with Crippen LogP contribution in [0.3, 0.4) is 0 Å². The fraction of sp³-hybridized carbons (Fsp3) is 0.815. The van der Waals surface area contributed by atoms with Gasteiger partial charge in [0.05, 0.1) is 7.11 Å². The summed E-state index contributed by atoms with van der Waals surface area (Å²) in [5, 5.41) is 0. The number of fused-ring (bicyclic) bond motifs is 5.